The Morgan fingerprint density at radius 1 is 1.38 bits per heavy atom. The van der Waals surface area contributed by atoms with Gasteiger partial charge in [-0.3, -0.25) is 0 Å². The third kappa shape index (κ3) is 4.53. The van der Waals surface area contributed by atoms with Crippen molar-refractivity contribution in [2.75, 3.05) is 6.54 Å². The maximum absolute atomic E-state index is 13.6. The normalized spacial score (nSPS) is 12.6. The second kappa shape index (κ2) is 7.92. The number of nitrogens with one attached hydrogen (secondary N) is 1. The lowest BCUT2D eigenvalue weighted by molar-refractivity contribution is 0.575. The average molecular weight is 324 g/mol. The van der Waals surface area contributed by atoms with Crippen molar-refractivity contribution in [2.24, 2.45) is 0 Å². The van der Waals surface area contributed by atoms with Gasteiger partial charge in [-0.15, -0.1) is 23.1 Å². The number of aryl methyl sites for hydroxylation is 1. The molecule has 0 amide bonds. The molecule has 21 heavy (non-hydrogen) atoms. The monoisotopic (exact) mass is 324 g/mol. The van der Waals surface area contributed by atoms with E-state index >= 15 is 0 Å². The lowest BCUT2D eigenvalue weighted by Gasteiger charge is -2.11. The molecule has 114 valence electrons. The Morgan fingerprint density at radius 2 is 2.14 bits per heavy atom. The predicted molar refractivity (Wildman–Crippen MR) is 89.5 cm³/mol. The number of nitrogens with zero attached hydrogens (tertiary/aromatic N) is 1. The van der Waals surface area contributed by atoms with Crippen molar-refractivity contribution < 1.29 is 4.39 Å². The van der Waals surface area contributed by atoms with Crippen LogP contribution in [0.3, 0.4) is 0 Å². The minimum Gasteiger partial charge on any atom is -0.309 e. The third-order valence-corrected chi connectivity index (χ3v) is 5.74. The molecule has 1 aromatic carbocycles. The fourth-order valence-electron chi connectivity index (χ4n) is 2.08. The van der Waals surface area contributed by atoms with E-state index in [2.05, 4.69) is 24.1 Å². The van der Waals surface area contributed by atoms with Gasteiger partial charge >= 0.3 is 0 Å². The zero-order valence-corrected chi connectivity index (χ0v) is 14.3. The molecule has 0 radical (unpaired) electrons. The van der Waals surface area contributed by atoms with Gasteiger partial charge in [0.2, 0.25) is 0 Å². The number of benzene rings is 1. The minimum absolute atomic E-state index is 0.158. The second-order valence-corrected chi connectivity index (χ2v) is 7.08. The van der Waals surface area contributed by atoms with Crippen LogP contribution in [0.15, 0.2) is 29.2 Å². The topological polar surface area (TPSA) is 24.9 Å². The van der Waals surface area contributed by atoms with E-state index in [0.717, 1.165) is 23.7 Å². The van der Waals surface area contributed by atoms with Crippen molar-refractivity contribution in [3.05, 3.63) is 45.7 Å². The highest BCUT2D eigenvalue weighted by Crippen LogP contribution is 2.30. The van der Waals surface area contributed by atoms with Gasteiger partial charge in [0.1, 0.15) is 10.8 Å². The lowest BCUT2D eigenvalue weighted by Crippen LogP contribution is -2.18. The van der Waals surface area contributed by atoms with Crippen molar-refractivity contribution in [1.82, 2.24) is 10.3 Å². The molecule has 1 aromatic heterocycles. The summed E-state index contributed by atoms with van der Waals surface area (Å²) in [6.45, 7) is 7.39. The molecule has 5 heteroatoms. The van der Waals surface area contributed by atoms with Gasteiger partial charge < -0.3 is 5.32 Å². The molecular formula is C16H21FN2S2. The van der Waals surface area contributed by atoms with E-state index < -0.39 is 0 Å². The minimum atomic E-state index is -0.158. The van der Waals surface area contributed by atoms with Crippen LogP contribution in [0, 0.1) is 12.7 Å². The van der Waals surface area contributed by atoms with Crippen molar-refractivity contribution in [1.29, 1.82) is 0 Å². The smallest absolute Gasteiger partial charge is 0.136 e. The average Bonchev–Trinajstić information content (AvgIpc) is 2.85. The van der Waals surface area contributed by atoms with Crippen molar-refractivity contribution in [3.8, 4) is 0 Å². The third-order valence-electron chi connectivity index (χ3n) is 3.16. The van der Waals surface area contributed by atoms with Crippen LogP contribution in [0.4, 0.5) is 4.39 Å². The molecule has 0 spiro atoms. The maximum atomic E-state index is 13.6. The molecule has 1 atom stereocenters. The maximum Gasteiger partial charge on any atom is 0.136 e. The zero-order chi connectivity index (χ0) is 15.2. The van der Waals surface area contributed by atoms with Gasteiger partial charge in [-0.05, 0) is 38.9 Å². The van der Waals surface area contributed by atoms with E-state index in [1.807, 2.05) is 19.1 Å². The highest BCUT2D eigenvalue weighted by Gasteiger charge is 2.14. The van der Waals surface area contributed by atoms with Crippen molar-refractivity contribution in [2.45, 2.75) is 43.9 Å². The molecule has 0 fully saturated rings. The summed E-state index contributed by atoms with van der Waals surface area (Å²) in [4.78, 5) is 6.59. The van der Waals surface area contributed by atoms with Crippen LogP contribution >= 0.6 is 23.1 Å². The fourth-order valence-corrected chi connectivity index (χ4v) is 4.11. The number of thioether (sulfide) groups is 1. The molecule has 2 aromatic rings. The Kier molecular flexibility index (Phi) is 6.21. The summed E-state index contributed by atoms with van der Waals surface area (Å²) in [5, 5.41) is 4.55. The second-order valence-electron chi connectivity index (χ2n) is 4.95. The van der Waals surface area contributed by atoms with Crippen LogP contribution < -0.4 is 5.32 Å². The molecule has 2 rings (SSSR count). The molecule has 0 aliphatic rings. The largest absolute Gasteiger partial charge is 0.309 e. The number of aromatic nitrogens is 1. The molecule has 1 N–H and O–H groups in total. The van der Waals surface area contributed by atoms with E-state index in [4.69, 9.17) is 0 Å². The Morgan fingerprint density at radius 3 is 2.86 bits per heavy atom. The molecule has 1 heterocycles. The quantitative estimate of drug-likeness (QED) is 0.730. The Labute approximate surface area is 134 Å². The summed E-state index contributed by atoms with van der Waals surface area (Å²) < 4.78 is 13.6. The summed E-state index contributed by atoms with van der Waals surface area (Å²) in [7, 11) is 0. The number of hydrogen-bond donors (Lipinski definition) is 1. The molecule has 0 saturated heterocycles. The first-order valence-corrected chi connectivity index (χ1v) is 8.99. The first kappa shape index (κ1) is 16.5. The first-order valence-electron chi connectivity index (χ1n) is 7.18. The van der Waals surface area contributed by atoms with Crippen LogP contribution in [0.1, 0.15) is 41.9 Å². The lowest BCUT2D eigenvalue weighted by atomic mass is 10.2. The fraction of sp³-hybridized carbons (Fsp3) is 0.438. The van der Waals surface area contributed by atoms with E-state index in [-0.39, 0.29) is 5.82 Å². The Balaban J connectivity index is 2.00. The highest BCUT2D eigenvalue weighted by atomic mass is 32.2. The van der Waals surface area contributed by atoms with Gasteiger partial charge in [-0.1, -0.05) is 19.1 Å². The summed E-state index contributed by atoms with van der Waals surface area (Å²) in [5.74, 6) is 0.557. The molecule has 0 bridgehead atoms. The van der Waals surface area contributed by atoms with E-state index in [9.17, 15) is 4.39 Å². The van der Waals surface area contributed by atoms with Gasteiger partial charge in [0.25, 0.3) is 0 Å². The molecule has 0 saturated carbocycles. The van der Waals surface area contributed by atoms with E-state index in [0.29, 0.717) is 16.7 Å². The highest BCUT2D eigenvalue weighted by molar-refractivity contribution is 7.98. The number of halogens is 1. The van der Waals surface area contributed by atoms with Gasteiger partial charge in [-0.2, -0.15) is 0 Å². The summed E-state index contributed by atoms with van der Waals surface area (Å²) in [6, 6.07) is 7.21. The SMILES string of the molecule is CCCNC(C)c1sc(CSc2ccccc2F)nc1C. The standard InChI is InChI=1S/C16H21FN2S2/c1-4-9-18-11(2)16-12(3)19-15(21-16)10-20-14-8-6-5-7-13(14)17/h5-8,11,18H,4,9-10H2,1-3H3. The first-order chi connectivity index (χ1) is 10.1. The van der Waals surface area contributed by atoms with Crippen LogP contribution in [0.5, 0.6) is 0 Å². The van der Waals surface area contributed by atoms with E-state index in [1.54, 1.807) is 17.4 Å². The van der Waals surface area contributed by atoms with Gasteiger partial charge in [0.15, 0.2) is 0 Å². The predicted octanol–water partition coefficient (Wildman–Crippen LogP) is 4.94. The van der Waals surface area contributed by atoms with Gasteiger partial charge in [0.05, 0.1) is 11.4 Å². The molecule has 2 nitrogen and oxygen atoms in total. The molecule has 0 aliphatic carbocycles. The Bertz CT molecular complexity index is 583. The van der Waals surface area contributed by atoms with Crippen LogP contribution in [0.2, 0.25) is 0 Å². The van der Waals surface area contributed by atoms with Crippen molar-refractivity contribution >= 4 is 23.1 Å². The van der Waals surface area contributed by atoms with Crippen LogP contribution in [-0.4, -0.2) is 11.5 Å². The van der Waals surface area contributed by atoms with Gasteiger partial charge in [-0.25, -0.2) is 9.37 Å². The Hall–Kier alpha value is -0.910. The van der Waals surface area contributed by atoms with Crippen LogP contribution in [0.25, 0.3) is 0 Å². The molecule has 0 aliphatic heterocycles. The summed E-state index contributed by atoms with van der Waals surface area (Å²) >= 11 is 3.23. The number of hydrogen-bond acceptors (Lipinski definition) is 4. The van der Waals surface area contributed by atoms with Crippen LogP contribution in [-0.2, 0) is 5.75 Å². The summed E-state index contributed by atoms with van der Waals surface area (Å²) in [6.07, 6.45) is 1.12. The molecule has 1 unspecified atom stereocenters. The van der Waals surface area contributed by atoms with E-state index in [1.165, 1.54) is 22.7 Å². The van der Waals surface area contributed by atoms with Crippen molar-refractivity contribution in [3.63, 3.8) is 0 Å². The number of rotatable bonds is 7. The summed E-state index contributed by atoms with van der Waals surface area (Å²) in [5.41, 5.74) is 1.08. The van der Waals surface area contributed by atoms with Gasteiger partial charge in [0, 0.05) is 15.8 Å². The molecular weight excluding hydrogens is 303 g/mol. The zero-order valence-electron chi connectivity index (χ0n) is 12.6. The number of thiazole rings is 1.